The Morgan fingerprint density at radius 2 is 2.07 bits per heavy atom. The van der Waals surface area contributed by atoms with Crippen molar-refractivity contribution in [2.45, 2.75) is 51.7 Å². The number of hydrogen-bond donors (Lipinski definition) is 1. The summed E-state index contributed by atoms with van der Waals surface area (Å²) >= 11 is 0. The molecule has 0 saturated heterocycles. The van der Waals surface area contributed by atoms with Gasteiger partial charge in [-0.25, -0.2) is 0 Å². The van der Waals surface area contributed by atoms with E-state index in [4.69, 9.17) is 9.84 Å². The van der Waals surface area contributed by atoms with Gasteiger partial charge in [-0.05, 0) is 32.6 Å². The molecule has 1 N–H and O–H groups in total. The molecule has 2 atom stereocenters. The second kappa shape index (κ2) is 9.97. The van der Waals surface area contributed by atoms with E-state index in [1.165, 1.54) is 0 Å². The Bertz CT molecular complexity index is 146. The van der Waals surface area contributed by atoms with Crippen molar-refractivity contribution in [3.63, 3.8) is 0 Å². The highest BCUT2D eigenvalue weighted by Gasteiger charge is 2.10. The van der Waals surface area contributed by atoms with Gasteiger partial charge >= 0.3 is 0 Å². The molecule has 0 bridgehead atoms. The summed E-state index contributed by atoms with van der Waals surface area (Å²) in [6.45, 7) is 4.28. The van der Waals surface area contributed by atoms with Gasteiger partial charge in [0.05, 0.1) is 6.10 Å². The molecular weight excluding hydrogens is 192 g/mol. The third kappa shape index (κ3) is 9.73. The summed E-state index contributed by atoms with van der Waals surface area (Å²) in [5.74, 6) is 0. The Morgan fingerprint density at radius 1 is 1.33 bits per heavy atom. The van der Waals surface area contributed by atoms with Gasteiger partial charge in [0, 0.05) is 6.42 Å². The third-order valence-electron chi connectivity index (χ3n) is 2.04. The molecule has 0 spiro atoms. The van der Waals surface area contributed by atoms with Crippen LogP contribution in [-0.4, -0.2) is 23.8 Å². The second-order valence-corrected chi connectivity index (χ2v) is 3.58. The van der Waals surface area contributed by atoms with E-state index in [0.29, 0.717) is 6.47 Å². The summed E-state index contributed by atoms with van der Waals surface area (Å²) in [6.07, 6.45) is 8.76. The number of ether oxygens (including phenoxy) is 1. The van der Waals surface area contributed by atoms with Crippen molar-refractivity contribution in [2.75, 3.05) is 0 Å². The van der Waals surface area contributed by atoms with E-state index in [9.17, 15) is 4.79 Å². The number of aliphatic hydroxyl groups is 1. The Kier molecular flexibility index (Phi) is 9.59. The molecule has 0 rings (SSSR count). The topological polar surface area (TPSA) is 46.5 Å². The fraction of sp³-hybridized carbons (Fsp3) is 0.667. The van der Waals surface area contributed by atoms with Crippen molar-refractivity contribution in [3.8, 4) is 0 Å². The minimum Gasteiger partial charge on any atom is -0.464 e. The Labute approximate surface area is 92.8 Å². The maximum atomic E-state index is 10.2. The number of carbonyl (C=O) groups is 1. The average molecular weight is 213 g/mol. The highest BCUT2D eigenvalue weighted by atomic mass is 16.5. The minimum absolute atomic E-state index is 0.163. The minimum atomic E-state index is -0.464. The average Bonchev–Trinajstić information content (AvgIpc) is 2.17. The predicted molar refractivity (Wildman–Crippen MR) is 59.7 cm³/mol. The van der Waals surface area contributed by atoms with Crippen LogP contribution in [0, 0.1) is 19.3 Å². The molecule has 0 aliphatic heterocycles. The summed E-state index contributed by atoms with van der Waals surface area (Å²) in [5, 5.41) is 8.99. The molecule has 0 fully saturated rings. The van der Waals surface area contributed by atoms with E-state index in [-0.39, 0.29) is 6.10 Å². The second-order valence-electron chi connectivity index (χ2n) is 3.58. The Balaban J connectivity index is 3.57. The molecule has 0 aliphatic rings. The standard InChI is InChI=1S/C12H21O3/c1-3-4-5-8-12(15-10-13)9-6-7-11(2)14/h6-7,9-12,14H,3-5,8H2,1-2H3/t11-,12+/m0/s1. The molecule has 0 aliphatic carbocycles. The van der Waals surface area contributed by atoms with Gasteiger partial charge in [0.2, 0.25) is 0 Å². The zero-order valence-electron chi connectivity index (χ0n) is 9.56. The summed E-state index contributed by atoms with van der Waals surface area (Å²) in [5.41, 5.74) is 0. The number of unbranched alkanes of at least 4 members (excludes halogenated alkanes) is 2. The van der Waals surface area contributed by atoms with Gasteiger partial charge in [-0.3, -0.25) is 4.79 Å². The highest BCUT2D eigenvalue weighted by Crippen LogP contribution is 2.11. The lowest BCUT2D eigenvalue weighted by atomic mass is 10.0. The van der Waals surface area contributed by atoms with E-state index in [1.807, 2.05) is 0 Å². The molecule has 0 amide bonds. The molecule has 87 valence electrons. The van der Waals surface area contributed by atoms with Crippen molar-refractivity contribution < 1.29 is 14.6 Å². The van der Waals surface area contributed by atoms with Gasteiger partial charge in [0.25, 0.3) is 6.47 Å². The summed E-state index contributed by atoms with van der Waals surface area (Å²) in [7, 11) is 0. The summed E-state index contributed by atoms with van der Waals surface area (Å²) < 4.78 is 4.90. The van der Waals surface area contributed by atoms with Crippen LogP contribution in [-0.2, 0) is 9.53 Å². The van der Waals surface area contributed by atoms with Gasteiger partial charge < -0.3 is 9.84 Å². The fourth-order valence-corrected chi connectivity index (χ4v) is 1.23. The molecule has 3 heteroatoms. The number of carbonyl (C=O) groups excluding carboxylic acids is 1. The molecule has 0 unspecified atom stereocenters. The van der Waals surface area contributed by atoms with E-state index >= 15 is 0 Å². The SMILES string of the molecule is CCCCC[C@H]([CH][CH][CH][C@H](C)O)OC=O. The number of hydrogen-bond acceptors (Lipinski definition) is 3. The van der Waals surface area contributed by atoms with Crippen LogP contribution in [0.15, 0.2) is 0 Å². The van der Waals surface area contributed by atoms with Crippen LogP contribution in [0.2, 0.25) is 0 Å². The van der Waals surface area contributed by atoms with E-state index in [0.717, 1.165) is 25.7 Å². The largest absolute Gasteiger partial charge is 0.464 e. The molecule has 3 nitrogen and oxygen atoms in total. The number of rotatable bonds is 10. The third-order valence-corrected chi connectivity index (χ3v) is 2.04. The van der Waals surface area contributed by atoms with Crippen molar-refractivity contribution >= 4 is 6.47 Å². The van der Waals surface area contributed by atoms with Crippen LogP contribution in [0.1, 0.15) is 39.5 Å². The van der Waals surface area contributed by atoms with Gasteiger partial charge in [0.15, 0.2) is 0 Å². The fourth-order valence-electron chi connectivity index (χ4n) is 1.23. The highest BCUT2D eigenvalue weighted by molar-refractivity contribution is 5.38. The summed E-state index contributed by atoms with van der Waals surface area (Å²) in [4.78, 5) is 10.2. The van der Waals surface area contributed by atoms with Crippen LogP contribution in [0.25, 0.3) is 0 Å². The normalized spacial score (nSPS) is 14.6. The maximum absolute atomic E-state index is 10.2. The maximum Gasteiger partial charge on any atom is 0.293 e. The van der Waals surface area contributed by atoms with Gasteiger partial charge in [-0.1, -0.05) is 19.8 Å². The lowest BCUT2D eigenvalue weighted by Gasteiger charge is -2.14. The van der Waals surface area contributed by atoms with Crippen LogP contribution in [0.4, 0.5) is 0 Å². The monoisotopic (exact) mass is 213 g/mol. The molecule has 0 aromatic heterocycles. The van der Waals surface area contributed by atoms with Crippen molar-refractivity contribution in [1.29, 1.82) is 0 Å². The lowest BCUT2D eigenvalue weighted by Crippen LogP contribution is -2.14. The van der Waals surface area contributed by atoms with E-state index < -0.39 is 6.10 Å². The molecule has 0 aromatic carbocycles. The molecule has 0 heterocycles. The predicted octanol–water partition coefficient (Wildman–Crippen LogP) is 2.10. The zero-order chi connectivity index (χ0) is 11.5. The molecular formula is C12H21O3. The van der Waals surface area contributed by atoms with Gasteiger partial charge in [0.1, 0.15) is 6.10 Å². The molecule has 0 aromatic rings. The van der Waals surface area contributed by atoms with Crippen molar-refractivity contribution in [3.05, 3.63) is 19.3 Å². The van der Waals surface area contributed by atoms with Crippen LogP contribution in [0.3, 0.4) is 0 Å². The smallest absolute Gasteiger partial charge is 0.293 e. The van der Waals surface area contributed by atoms with Crippen LogP contribution < -0.4 is 0 Å². The first-order chi connectivity index (χ1) is 7.20. The first-order valence-electron chi connectivity index (χ1n) is 5.49. The molecule has 3 radical (unpaired) electrons. The molecule has 0 saturated carbocycles. The van der Waals surface area contributed by atoms with E-state index in [2.05, 4.69) is 6.92 Å². The summed E-state index contributed by atoms with van der Waals surface area (Å²) in [6, 6.07) is 0. The van der Waals surface area contributed by atoms with Gasteiger partial charge in [-0.2, -0.15) is 0 Å². The first-order valence-corrected chi connectivity index (χ1v) is 5.49. The van der Waals surface area contributed by atoms with Crippen LogP contribution in [0.5, 0.6) is 0 Å². The Hall–Kier alpha value is -0.570. The van der Waals surface area contributed by atoms with Crippen molar-refractivity contribution in [1.82, 2.24) is 0 Å². The number of aliphatic hydroxyl groups excluding tert-OH is 1. The van der Waals surface area contributed by atoms with Crippen LogP contribution >= 0.6 is 0 Å². The zero-order valence-corrected chi connectivity index (χ0v) is 9.56. The lowest BCUT2D eigenvalue weighted by molar-refractivity contribution is -0.132. The molecule has 15 heavy (non-hydrogen) atoms. The first kappa shape index (κ1) is 14.4. The van der Waals surface area contributed by atoms with Crippen molar-refractivity contribution in [2.24, 2.45) is 0 Å². The Morgan fingerprint density at radius 3 is 2.60 bits per heavy atom. The van der Waals surface area contributed by atoms with E-state index in [1.54, 1.807) is 26.2 Å². The quantitative estimate of drug-likeness (QED) is 0.446. The van der Waals surface area contributed by atoms with Gasteiger partial charge in [-0.15, -0.1) is 0 Å².